The molecule has 0 radical (unpaired) electrons. The quantitative estimate of drug-likeness (QED) is 0.556. The molecule has 0 saturated heterocycles. The molecule has 1 atom stereocenters. The predicted molar refractivity (Wildman–Crippen MR) is 87.3 cm³/mol. The Morgan fingerprint density at radius 3 is 2.59 bits per heavy atom. The summed E-state index contributed by atoms with van der Waals surface area (Å²) in [7, 11) is 0. The van der Waals surface area contributed by atoms with Crippen molar-refractivity contribution in [1.29, 1.82) is 0 Å². The average Bonchev–Trinajstić information content (AvgIpc) is 2.70. The zero-order valence-electron chi connectivity index (χ0n) is 12.6. The molecule has 22 heavy (non-hydrogen) atoms. The third-order valence-corrected chi connectivity index (χ3v) is 4.96. The van der Waals surface area contributed by atoms with Crippen LogP contribution in [0, 0.1) is 0 Å². The number of benzene rings is 1. The van der Waals surface area contributed by atoms with Crippen molar-refractivity contribution in [3.63, 3.8) is 0 Å². The lowest BCUT2D eigenvalue weighted by Gasteiger charge is -2.12. The summed E-state index contributed by atoms with van der Waals surface area (Å²) in [6.07, 6.45) is 9.70. The lowest BCUT2D eigenvalue weighted by atomic mass is 10.0. The lowest BCUT2D eigenvalue weighted by Crippen LogP contribution is -2.06. The van der Waals surface area contributed by atoms with Gasteiger partial charge in [0, 0.05) is 5.02 Å². The van der Waals surface area contributed by atoms with E-state index in [-0.39, 0.29) is 6.10 Å². The number of carboxylic acid groups (broad SMARTS) is 1. The van der Waals surface area contributed by atoms with Gasteiger partial charge in [-0.3, -0.25) is 0 Å². The first kappa shape index (κ1) is 15.4. The zero-order valence-corrected chi connectivity index (χ0v) is 13.4. The van der Waals surface area contributed by atoms with Gasteiger partial charge >= 0.3 is 6.16 Å². The fourth-order valence-corrected chi connectivity index (χ4v) is 3.74. The normalized spacial score (nSPS) is 21.1. The van der Waals surface area contributed by atoms with Crippen LogP contribution in [0.2, 0.25) is 5.02 Å². The highest BCUT2D eigenvalue weighted by molar-refractivity contribution is 6.32. The van der Waals surface area contributed by atoms with E-state index >= 15 is 0 Å². The minimum absolute atomic E-state index is 0.371. The highest BCUT2D eigenvalue weighted by Gasteiger charge is 2.26. The molecule has 1 aromatic carbocycles. The Morgan fingerprint density at radius 2 is 1.91 bits per heavy atom. The van der Waals surface area contributed by atoms with E-state index in [1.165, 1.54) is 31.3 Å². The molecule has 3 nitrogen and oxygen atoms in total. The van der Waals surface area contributed by atoms with E-state index in [2.05, 4.69) is 12.1 Å². The van der Waals surface area contributed by atoms with Crippen LogP contribution in [-0.4, -0.2) is 11.3 Å². The number of allylic oxidation sites excluding steroid dienone is 1. The molecule has 0 spiro atoms. The first-order valence-electron chi connectivity index (χ1n) is 8.05. The van der Waals surface area contributed by atoms with Gasteiger partial charge in [0.25, 0.3) is 0 Å². The minimum atomic E-state index is -1.22. The first-order chi connectivity index (χ1) is 10.6. The number of halogens is 1. The zero-order chi connectivity index (χ0) is 15.5. The summed E-state index contributed by atoms with van der Waals surface area (Å²) in [5, 5.41) is 9.49. The van der Waals surface area contributed by atoms with Gasteiger partial charge in [0.2, 0.25) is 0 Å². The Labute approximate surface area is 135 Å². The van der Waals surface area contributed by atoms with Crippen LogP contribution in [0.5, 0.6) is 0 Å². The summed E-state index contributed by atoms with van der Waals surface area (Å²) in [6, 6.07) is 4.00. The van der Waals surface area contributed by atoms with Crippen LogP contribution >= 0.6 is 11.6 Å². The number of rotatable bonds is 2. The van der Waals surface area contributed by atoms with E-state index in [4.69, 9.17) is 21.4 Å². The SMILES string of the molecule is O=C(O)OC1CCc2cc(C=C3CCCCCC3)c(Cl)cc21. The van der Waals surface area contributed by atoms with Crippen LogP contribution in [0.15, 0.2) is 17.7 Å². The smallest absolute Gasteiger partial charge is 0.450 e. The second-order valence-corrected chi connectivity index (χ2v) is 6.61. The summed E-state index contributed by atoms with van der Waals surface area (Å²) in [4.78, 5) is 10.7. The van der Waals surface area contributed by atoms with Crippen molar-refractivity contribution >= 4 is 23.8 Å². The molecule has 3 rings (SSSR count). The number of fused-ring (bicyclic) bond motifs is 1. The van der Waals surface area contributed by atoms with Crippen LogP contribution < -0.4 is 0 Å². The topological polar surface area (TPSA) is 46.5 Å². The number of hydrogen-bond donors (Lipinski definition) is 1. The monoisotopic (exact) mass is 320 g/mol. The predicted octanol–water partition coefficient (Wildman–Crippen LogP) is 5.76. The number of hydrogen-bond acceptors (Lipinski definition) is 2. The summed E-state index contributed by atoms with van der Waals surface area (Å²) < 4.78 is 4.94. The molecule has 0 aromatic heterocycles. The van der Waals surface area contributed by atoms with Crippen LogP contribution in [0.1, 0.15) is 67.7 Å². The summed E-state index contributed by atoms with van der Waals surface area (Å²) in [5.41, 5.74) is 4.63. The molecule has 0 aliphatic heterocycles. The van der Waals surface area contributed by atoms with Crippen molar-refractivity contribution < 1.29 is 14.6 Å². The fourth-order valence-electron chi connectivity index (χ4n) is 3.51. The van der Waals surface area contributed by atoms with E-state index in [1.54, 1.807) is 0 Å². The minimum Gasteiger partial charge on any atom is -0.450 e. The van der Waals surface area contributed by atoms with Crippen molar-refractivity contribution in [3.8, 4) is 0 Å². The van der Waals surface area contributed by atoms with E-state index in [0.29, 0.717) is 11.4 Å². The van der Waals surface area contributed by atoms with Crippen LogP contribution in [0.3, 0.4) is 0 Å². The number of carbonyl (C=O) groups is 1. The first-order valence-corrected chi connectivity index (χ1v) is 8.42. The molecule has 1 aromatic rings. The molecule has 1 unspecified atom stereocenters. The molecule has 0 amide bonds. The maximum atomic E-state index is 10.7. The molecule has 0 heterocycles. The standard InChI is InChI=1S/C18H21ClO3/c19-16-11-15-13(7-8-17(15)22-18(20)21)10-14(16)9-12-5-3-1-2-4-6-12/h9-11,17H,1-8H2,(H,20,21). The van der Waals surface area contributed by atoms with Gasteiger partial charge in [0.1, 0.15) is 6.10 Å². The molecule has 1 N–H and O–H groups in total. The van der Waals surface area contributed by atoms with Crippen molar-refractivity contribution in [2.75, 3.05) is 0 Å². The molecular weight excluding hydrogens is 300 g/mol. The Morgan fingerprint density at radius 1 is 1.18 bits per heavy atom. The van der Waals surface area contributed by atoms with Gasteiger partial charge in [-0.1, -0.05) is 36.1 Å². The third kappa shape index (κ3) is 3.46. The highest BCUT2D eigenvalue weighted by atomic mass is 35.5. The van der Waals surface area contributed by atoms with Crippen molar-refractivity contribution in [2.45, 2.75) is 57.5 Å². The van der Waals surface area contributed by atoms with E-state index in [9.17, 15) is 4.79 Å². The van der Waals surface area contributed by atoms with Crippen molar-refractivity contribution in [2.24, 2.45) is 0 Å². The summed E-state index contributed by atoms with van der Waals surface area (Å²) >= 11 is 6.42. The van der Waals surface area contributed by atoms with Crippen molar-refractivity contribution in [1.82, 2.24) is 0 Å². The van der Waals surface area contributed by atoms with Gasteiger partial charge in [0.05, 0.1) is 0 Å². The third-order valence-electron chi connectivity index (χ3n) is 4.63. The van der Waals surface area contributed by atoms with Gasteiger partial charge in [-0.05, 0) is 67.3 Å². The molecule has 2 aliphatic carbocycles. The Balaban J connectivity index is 1.85. The van der Waals surface area contributed by atoms with Crippen molar-refractivity contribution in [3.05, 3.63) is 39.4 Å². The average molecular weight is 321 g/mol. The summed E-state index contributed by atoms with van der Waals surface area (Å²) in [6.45, 7) is 0. The van der Waals surface area contributed by atoms with Gasteiger partial charge in [0.15, 0.2) is 0 Å². The van der Waals surface area contributed by atoms with Gasteiger partial charge in [-0.2, -0.15) is 0 Å². The second-order valence-electron chi connectivity index (χ2n) is 6.20. The molecule has 2 aliphatic rings. The maximum Gasteiger partial charge on any atom is 0.506 e. The Bertz CT molecular complexity index is 597. The van der Waals surface area contributed by atoms with Gasteiger partial charge < -0.3 is 9.84 Å². The molecule has 118 valence electrons. The number of aryl methyl sites for hydroxylation is 1. The van der Waals surface area contributed by atoms with Gasteiger partial charge in [-0.25, -0.2) is 4.79 Å². The molecule has 4 heteroatoms. The molecular formula is C18H21ClO3. The Hall–Kier alpha value is -1.48. The fraction of sp³-hybridized carbons (Fsp3) is 0.500. The van der Waals surface area contributed by atoms with E-state index < -0.39 is 6.16 Å². The largest absolute Gasteiger partial charge is 0.506 e. The lowest BCUT2D eigenvalue weighted by molar-refractivity contribution is 0.0520. The van der Waals surface area contributed by atoms with E-state index in [1.807, 2.05) is 6.07 Å². The maximum absolute atomic E-state index is 10.7. The van der Waals surface area contributed by atoms with Crippen LogP contribution in [0.4, 0.5) is 4.79 Å². The number of ether oxygens (including phenoxy) is 1. The van der Waals surface area contributed by atoms with Crippen LogP contribution in [-0.2, 0) is 11.2 Å². The second kappa shape index (κ2) is 6.74. The van der Waals surface area contributed by atoms with Gasteiger partial charge in [-0.15, -0.1) is 0 Å². The highest BCUT2D eigenvalue weighted by Crippen LogP contribution is 2.38. The Kier molecular flexibility index (Phi) is 4.72. The van der Waals surface area contributed by atoms with E-state index in [0.717, 1.165) is 36.0 Å². The molecule has 1 fully saturated rings. The molecule has 1 saturated carbocycles. The molecule has 0 bridgehead atoms. The van der Waals surface area contributed by atoms with Crippen LogP contribution in [0.25, 0.3) is 6.08 Å². The summed E-state index contributed by atoms with van der Waals surface area (Å²) in [5.74, 6) is 0.